The van der Waals surface area contributed by atoms with Crippen molar-refractivity contribution >= 4 is 23.1 Å². The Morgan fingerprint density at radius 2 is 2.35 bits per heavy atom. The van der Waals surface area contributed by atoms with Crippen LogP contribution in [0.15, 0.2) is 18.3 Å². The molecule has 0 aliphatic heterocycles. The van der Waals surface area contributed by atoms with Crippen LogP contribution in [0.4, 0.5) is 0 Å². The van der Waals surface area contributed by atoms with Gasteiger partial charge in [0, 0.05) is 12.6 Å². The number of rotatable bonds is 3. The first-order valence-corrected chi connectivity index (χ1v) is 5.28. The Labute approximate surface area is 102 Å². The van der Waals surface area contributed by atoms with E-state index in [9.17, 15) is 4.79 Å². The van der Waals surface area contributed by atoms with E-state index in [1.54, 1.807) is 22.7 Å². The number of aryl methyl sites for hydroxylation is 1. The van der Waals surface area contributed by atoms with Gasteiger partial charge in [-0.3, -0.25) is 4.79 Å². The van der Waals surface area contributed by atoms with E-state index < -0.39 is 5.97 Å². The Balaban J connectivity index is 2.51. The van der Waals surface area contributed by atoms with Gasteiger partial charge in [-0.05, 0) is 12.1 Å². The summed E-state index contributed by atoms with van der Waals surface area (Å²) in [6.45, 7) is 0. The van der Waals surface area contributed by atoms with Crippen molar-refractivity contribution < 1.29 is 9.90 Å². The van der Waals surface area contributed by atoms with Crippen molar-refractivity contribution in [3.05, 3.63) is 34.9 Å². The summed E-state index contributed by atoms with van der Waals surface area (Å²) in [7, 11) is 0. The van der Waals surface area contributed by atoms with Crippen LogP contribution in [0.25, 0.3) is 5.52 Å². The highest BCUT2D eigenvalue weighted by Gasteiger charge is 2.11. The number of nitriles is 1. The largest absolute Gasteiger partial charge is 0.481 e. The molecule has 2 heterocycles. The molecule has 0 aliphatic rings. The first-order valence-electron chi connectivity index (χ1n) is 4.90. The summed E-state index contributed by atoms with van der Waals surface area (Å²) >= 11 is 5.86. The van der Waals surface area contributed by atoms with E-state index in [1.165, 1.54) is 0 Å². The normalized spacial score (nSPS) is 10.4. The molecule has 0 unspecified atom stereocenters. The number of fused-ring (bicyclic) bond motifs is 1. The summed E-state index contributed by atoms with van der Waals surface area (Å²) < 4.78 is 1.66. The van der Waals surface area contributed by atoms with Crippen molar-refractivity contribution in [3.8, 4) is 6.07 Å². The van der Waals surface area contributed by atoms with E-state index in [0.29, 0.717) is 16.4 Å². The van der Waals surface area contributed by atoms with Gasteiger partial charge in [-0.15, -0.1) is 0 Å². The van der Waals surface area contributed by atoms with Crippen molar-refractivity contribution in [2.45, 2.75) is 12.8 Å². The summed E-state index contributed by atoms with van der Waals surface area (Å²) in [4.78, 5) is 14.6. The van der Waals surface area contributed by atoms with E-state index in [4.69, 9.17) is 22.0 Å². The summed E-state index contributed by atoms with van der Waals surface area (Å²) in [5.41, 5.74) is 0.916. The number of imidazole rings is 1. The molecule has 0 bridgehead atoms. The third-order valence-electron chi connectivity index (χ3n) is 2.34. The highest BCUT2D eigenvalue weighted by atomic mass is 35.5. The van der Waals surface area contributed by atoms with Crippen molar-refractivity contribution in [3.63, 3.8) is 0 Å². The molecule has 0 saturated carbocycles. The molecule has 0 spiro atoms. The van der Waals surface area contributed by atoms with Crippen molar-refractivity contribution in [1.82, 2.24) is 9.38 Å². The number of carbonyl (C=O) groups is 1. The molecular weight excluding hydrogens is 242 g/mol. The van der Waals surface area contributed by atoms with Gasteiger partial charge in [0.05, 0.1) is 17.0 Å². The number of halogens is 1. The average Bonchev–Trinajstić information content (AvgIpc) is 2.63. The number of carboxylic acid groups (broad SMARTS) is 1. The zero-order chi connectivity index (χ0) is 12.4. The minimum atomic E-state index is -0.901. The Kier molecular flexibility index (Phi) is 2.98. The first-order chi connectivity index (χ1) is 8.11. The smallest absolute Gasteiger partial charge is 0.303 e. The van der Waals surface area contributed by atoms with Gasteiger partial charge in [0.15, 0.2) is 5.69 Å². The maximum absolute atomic E-state index is 10.5. The van der Waals surface area contributed by atoms with E-state index in [2.05, 4.69) is 4.98 Å². The van der Waals surface area contributed by atoms with E-state index >= 15 is 0 Å². The number of carboxylic acids is 1. The van der Waals surface area contributed by atoms with Gasteiger partial charge in [0.25, 0.3) is 0 Å². The van der Waals surface area contributed by atoms with Crippen molar-refractivity contribution in [1.29, 1.82) is 5.26 Å². The minimum absolute atomic E-state index is 0.0313. The molecule has 0 aliphatic carbocycles. The number of aromatic nitrogens is 2. The highest BCUT2D eigenvalue weighted by Crippen LogP contribution is 2.17. The number of pyridine rings is 1. The molecule has 0 radical (unpaired) electrons. The fraction of sp³-hybridized carbons (Fsp3) is 0.182. The Bertz CT molecular complexity index is 627. The molecule has 0 atom stereocenters. The van der Waals surface area contributed by atoms with E-state index in [0.717, 1.165) is 0 Å². The standard InChI is InChI=1S/C11H8ClN3O2/c12-7-1-2-9-8(5-13)14-10(15(9)6-7)3-4-11(16)17/h1-2,6H,3-4H2,(H,16,17). The van der Waals surface area contributed by atoms with Crippen LogP contribution in [0.2, 0.25) is 5.02 Å². The summed E-state index contributed by atoms with van der Waals surface area (Å²) in [6.07, 6.45) is 1.86. The molecule has 17 heavy (non-hydrogen) atoms. The number of aliphatic carboxylic acids is 1. The molecule has 5 nitrogen and oxygen atoms in total. The third-order valence-corrected chi connectivity index (χ3v) is 2.57. The molecule has 2 aromatic heterocycles. The lowest BCUT2D eigenvalue weighted by Crippen LogP contribution is -2.01. The minimum Gasteiger partial charge on any atom is -0.481 e. The lowest BCUT2D eigenvalue weighted by Gasteiger charge is -1.99. The summed E-state index contributed by atoms with van der Waals surface area (Å²) in [5.74, 6) is -0.372. The highest BCUT2D eigenvalue weighted by molar-refractivity contribution is 6.30. The van der Waals surface area contributed by atoms with Gasteiger partial charge in [-0.1, -0.05) is 11.6 Å². The van der Waals surface area contributed by atoms with Crippen molar-refractivity contribution in [2.75, 3.05) is 0 Å². The Morgan fingerprint density at radius 1 is 1.59 bits per heavy atom. The molecule has 0 amide bonds. The first kappa shape index (κ1) is 11.4. The monoisotopic (exact) mass is 249 g/mol. The molecule has 2 rings (SSSR count). The fourth-order valence-electron chi connectivity index (χ4n) is 1.60. The predicted molar refractivity (Wildman–Crippen MR) is 60.9 cm³/mol. The van der Waals surface area contributed by atoms with Gasteiger partial charge < -0.3 is 9.51 Å². The molecule has 0 fully saturated rings. The summed E-state index contributed by atoms with van der Waals surface area (Å²) in [5, 5.41) is 18.1. The fourth-order valence-corrected chi connectivity index (χ4v) is 1.76. The molecule has 86 valence electrons. The average molecular weight is 250 g/mol. The Morgan fingerprint density at radius 3 is 3.00 bits per heavy atom. The molecule has 0 aromatic carbocycles. The lowest BCUT2D eigenvalue weighted by atomic mass is 10.3. The molecule has 2 aromatic rings. The third kappa shape index (κ3) is 2.22. The van der Waals surface area contributed by atoms with Crippen LogP contribution in [-0.2, 0) is 11.2 Å². The number of nitrogens with zero attached hydrogens (tertiary/aromatic N) is 3. The van der Waals surface area contributed by atoms with Crippen LogP contribution in [0.1, 0.15) is 17.9 Å². The second kappa shape index (κ2) is 4.44. The van der Waals surface area contributed by atoms with Gasteiger partial charge in [0.1, 0.15) is 11.9 Å². The van der Waals surface area contributed by atoms with Gasteiger partial charge in [-0.2, -0.15) is 5.26 Å². The Hall–Kier alpha value is -2.06. The SMILES string of the molecule is N#Cc1nc(CCC(=O)O)n2cc(Cl)ccc12. The van der Waals surface area contributed by atoms with Crippen LogP contribution in [-0.4, -0.2) is 20.5 Å². The predicted octanol–water partition coefficient (Wildman–Crippen LogP) is 1.88. The summed E-state index contributed by atoms with van der Waals surface area (Å²) in [6, 6.07) is 5.33. The van der Waals surface area contributed by atoms with Crippen LogP contribution < -0.4 is 0 Å². The van der Waals surface area contributed by atoms with Crippen molar-refractivity contribution in [2.24, 2.45) is 0 Å². The van der Waals surface area contributed by atoms with Gasteiger partial charge in [-0.25, -0.2) is 4.98 Å². The lowest BCUT2D eigenvalue weighted by molar-refractivity contribution is -0.137. The van der Waals surface area contributed by atoms with Gasteiger partial charge >= 0.3 is 5.97 Å². The molecule has 1 N–H and O–H groups in total. The van der Waals surface area contributed by atoms with E-state index in [1.807, 2.05) is 6.07 Å². The van der Waals surface area contributed by atoms with Crippen LogP contribution in [0, 0.1) is 11.3 Å². The molecule has 6 heteroatoms. The van der Waals surface area contributed by atoms with Crippen LogP contribution in [0.3, 0.4) is 0 Å². The second-order valence-electron chi connectivity index (χ2n) is 3.48. The van der Waals surface area contributed by atoms with E-state index in [-0.39, 0.29) is 18.5 Å². The zero-order valence-electron chi connectivity index (χ0n) is 8.72. The zero-order valence-corrected chi connectivity index (χ0v) is 9.48. The molecule has 0 saturated heterocycles. The van der Waals surface area contributed by atoms with Crippen LogP contribution >= 0.6 is 11.6 Å². The number of hydrogen-bond acceptors (Lipinski definition) is 3. The quantitative estimate of drug-likeness (QED) is 0.901. The maximum Gasteiger partial charge on any atom is 0.303 e. The number of hydrogen-bond donors (Lipinski definition) is 1. The second-order valence-corrected chi connectivity index (χ2v) is 3.92. The maximum atomic E-state index is 10.5. The topological polar surface area (TPSA) is 78.4 Å². The van der Waals surface area contributed by atoms with Gasteiger partial charge in [0.2, 0.25) is 0 Å². The van der Waals surface area contributed by atoms with Crippen LogP contribution in [0.5, 0.6) is 0 Å². The molecular formula is C11H8ClN3O2.